The average molecular weight is 352 g/mol. The van der Waals surface area contributed by atoms with Gasteiger partial charge in [-0.3, -0.25) is 14.9 Å². The number of benzene rings is 1. The van der Waals surface area contributed by atoms with Crippen LogP contribution < -0.4 is 0 Å². The lowest BCUT2D eigenvalue weighted by molar-refractivity contribution is 0.0674. The SMILES string of the molecule is COCCN(Cc1ccncc1)C(=O)c1cc(-c2ccc(O)cc2)n[nH]1. The van der Waals surface area contributed by atoms with Gasteiger partial charge in [-0.1, -0.05) is 0 Å². The molecule has 0 radical (unpaired) electrons. The number of nitrogens with one attached hydrogen (secondary N) is 1. The molecule has 0 aliphatic heterocycles. The van der Waals surface area contributed by atoms with Crippen LogP contribution in [0.15, 0.2) is 54.9 Å². The van der Waals surface area contributed by atoms with Crippen LogP contribution in [0.3, 0.4) is 0 Å². The Morgan fingerprint density at radius 3 is 2.62 bits per heavy atom. The second kappa shape index (κ2) is 8.26. The van der Waals surface area contributed by atoms with E-state index in [1.165, 1.54) is 0 Å². The van der Waals surface area contributed by atoms with E-state index in [1.54, 1.807) is 54.7 Å². The first-order chi connectivity index (χ1) is 12.7. The van der Waals surface area contributed by atoms with Gasteiger partial charge >= 0.3 is 0 Å². The summed E-state index contributed by atoms with van der Waals surface area (Å²) in [7, 11) is 1.61. The molecular weight excluding hydrogens is 332 g/mol. The smallest absolute Gasteiger partial charge is 0.272 e. The Morgan fingerprint density at radius 1 is 1.19 bits per heavy atom. The number of pyridine rings is 1. The third-order valence-electron chi connectivity index (χ3n) is 3.95. The van der Waals surface area contributed by atoms with Crippen LogP contribution in [-0.4, -0.2) is 51.4 Å². The van der Waals surface area contributed by atoms with Gasteiger partial charge in [0.2, 0.25) is 0 Å². The van der Waals surface area contributed by atoms with Crippen molar-refractivity contribution < 1.29 is 14.6 Å². The lowest BCUT2D eigenvalue weighted by atomic mass is 10.1. The number of rotatable bonds is 7. The van der Waals surface area contributed by atoms with Gasteiger partial charge in [0.15, 0.2) is 0 Å². The number of aromatic nitrogens is 3. The molecule has 3 rings (SSSR count). The van der Waals surface area contributed by atoms with Gasteiger partial charge in [0.25, 0.3) is 5.91 Å². The number of amides is 1. The van der Waals surface area contributed by atoms with Crippen molar-refractivity contribution >= 4 is 5.91 Å². The molecule has 0 saturated carbocycles. The van der Waals surface area contributed by atoms with Crippen molar-refractivity contribution in [1.82, 2.24) is 20.1 Å². The summed E-state index contributed by atoms with van der Waals surface area (Å²) in [6.07, 6.45) is 3.40. The van der Waals surface area contributed by atoms with Crippen LogP contribution in [0.5, 0.6) is 5.75 Å². The number of hydrogen-bond donors (Lipinski definition) is 2. The number of aromatic hydroxyl groups is 1. The number of H-pyrrole nitrogens is 1. The highest BCUT2D eigenvalue weighted by Crippen LogP contribution is 2.21. The van der Waals surface area contributed by atoms with E-state index in [4.69, 9.17) is 4.74 Å². The Labute approximate surface area is 151 Å². The molecule has 0 saturated heterocycles. The summed E-state index contributed by atoms with van der Waals surface area (Å²) >= 11 is 0. The minimum Gasteiger partial charge on any atom is -0.508 e. The Bertz CT molecular complexity index is 847. The highest BCUT2D eigenvalue weighted by molar-refractivity contribution is 5.93. The van der Waals surface area contributed by atoms with Crippen LogP contribution in [0, 0.1) is 0 Å². The molecule has 0 spiro atoms. The number of ether oxygens (including phenoxy) is 1. The standard InChI is InChI=1S/C19H20N4O3/c1-26-11-10-23(13-14-6-8-20-9-7-14)19(25)18-12-17(21-22-18)15-2-4-16(24)5-3-15/h2-9,12,24H,10-11,13H2,1H3,(H,21,22). The van der Waals surface area contributed by atoms with Crippen molar-refractivity contribution in [2.24, 2.45) is 0 Å². The second-order valence-corrected chi connectivity index (χ2v) is 5.79. The van der Waals surface area contributed by atoms with Crippen LogP contribution >= 0.6 is 0 Å². The lowest BCUT2D eigenvalue weighted by Crippen LogP contribution is -2.33. The summed E-state index contributed by atoms with van der Waals surface area (Å²) in [5.74, 6) is 0.0278. The monoisotopic (exact) mass is 352 g/mol. The average Bonchev–Trinajstić information content (AvgIpc) is 3.16. The fraction of sp³-hybridized carbons (Fsp3) is 0.211. The highest BCUT2D eigenvalue weighted by atomic mass is 16.5. The third-order valence-corrected chi connectivity index (χ3v) is 3.95. The molecule has 0 fully saturated rings. The molecule has 3 aromatic rings. The summed E-state index contributed by atoms with van der Waals surface area (Å²) < 4.78 is 5.13. The maximum Gasteiger partial charge on any atom is 0.272 e. The number of phenolic OH excluding ortho intramolecular Hbond substituents is 1. The molecule has 0 aliphatic rings. The molecule has 0 unspecified atom stereocenters. The van der Waals surface area contributed by atoms with E-state index in [-0.39, 0.29) is 11.7 Å². The van der Waals surface area contributed by atoms with Crippen LogP contribution in [0.2, 0.25) is 0 Å². The minimum atomic E-state index is -0.156. The van der Waals surface area contributed by atoms with Gasteiger partial charge in [-0.25, -0.2) is 0 Å². The number of phenols is 1. The molecule has 2 N–H and O–H groups in total. The van der Waals surface area contributed by atoms with Gasteiger partial charge in [0.05, 0.1) is 12.3 Å². The van der Waals surface area contributed by atoms with E-state index in [0.717, 1.165) is 11.1 Å². The first-order valence-corrected chi connectivity index (χ1v) is 8.19. The zero-order chi connectivity index (χ0) is 18.4. The normalized spacial score (nSPS) is 10.7. The summed E-state index contributed by atoms with van der Waals surface area (Å²) in [5, 5.41) is 16.4. The molecule has 26 heavy (non-hydrogen) atoms. The largest absolute Gasteiger partial charge is 0.508 e. The van der Waals surface area contributed by atoms with E-state index < -0.39 is 0 Å². The van der Waals surface area contributed by atoms with Crippen LogP contribution in [0.1, 0.15) is 16.1 Å². The van der Waals surface area contributed by atoms with Crippen molar-refractivity contribution in [2.45, 2.75) is 6.54 Å². The zero-order valence-electron chi connectivity index (χ0n) is 14.4. The van der Waals surface area contributed by atoms with Crippen molar-refractivity contribution in [2.75, 3.05) is 20.3 Å². The molecular formula is C19H20N4O3. The van der Waals surface area contributed by atoms with Crippen LogP contribution in [-0.2, 0) is 11.3 Å². The molecule has 7 nitrogen and oxygen atoms in total. The van der Waals surface area contributed by atoms with Gasteiger partial charge in [0, 0.05) is 38.2 Å². The molecule has 0 aliphatic carbocycles. The van der Waals surface area contributed by atoms with Gasteiger partial charge in [-0.2, -0.15) is 5.10 Å². The Hall–Kier alpha value is -3.19. The quantitative estimate of drug-likeness (QED) is 0.681. The number of aromatic amines is 1. The fourth-order valence-corrected chi connectivity index (χ4v) is 2.54. The highest BCUT2D eigenvalue weighted by Gasteiger charge is 2.19. The zero-order valence-corrected chi connectivity index (χ0v) is 14.4. The van der Waals surface area contributed by atoms with Gasteiger partial charge in [-0.15, -0.1) is 0 Å². The maximum atomic E-state index is 12.9. The van der Waals surface area contributed by atoms with Crippen LogP contribution in [0.4, 0.5) is 0 Å². The second-order valence-electron chi connectivity index (χ2n) is 5.79. The molecule has 134 valence electrons. The lowest BCUT2D eigenvalue weighted by Gasteiger charge is -2.21. The minimum absolute atomic E-state index is 0.156. The molecule has 0 atom stereocenters. The van der Waals surface area contributed by atoms with E-state index in [9.17, 15) is 9.90 Å². The number of carbonyl (C=O) groups excluding carboxylic acids is 1. The van der Waals surface area contributed by atoms with E-state index in [0.29, 0.717) is 31.1 Å². The topological polar surface area (TPSA) is 91.3 Å². The number of hydrogen-bond acceptors (Lipinski definition) is 5. The number of carbonyl (C=O) groups is 1. The van der Waals surface area contributed by atoms with Crippen molar-refractivity contribution in [3.8, 4) is 17.0 Å². The fourth-order valence-electron chi connectivity index (χ4n) is 2.54. The molecule has 1 amide bonds. The molecule has 1 aromatic carbocycles. The Kier molecular flexibility index (Phi) is 5.60. The molecule has 2 aromatic heterocycles. The summed E-state index contributed by atoms with van der Waals surface area (Å²) in [4.78, 5) is 18.6. The Balaban J connectivity index is 1.79. The summed E-state index contributed by atoms with van der Waals surface area (Å²) in [6.45, 7) is 1.36. The van der Waals surface area contributed by atoms with Gasteiger partial charge in [0.1, 0.15) is 11.4 Å². The number of nitrogens with zero attached hydrogens (tertiary/aromatic N) is 3. The van der Waals surface area contributed by atoms with Crippen LogP contribution in [0.25, 0.3) is 11.3 Å². The van der Waals surface area contributed by atoms with Crippen molar-refractivity contribution in [3.05, 3.63) is 66.1 Å². The first kappa shape index (κ1) is 17.6. The molecule has 0 bridgehead atoms. The third kappa shape index (κ3) is 4.25. The number of methoxy groups -OCH3 is 1. The van der Waals surface area contributed by atoms with Crippen molar-refractivity contribution in [3.63, 3.8) is 0 Å². The maximum absolute atomic E-state index is 12.9. The molecule has 2 heterocycles. The first-order valence-electron chi connectivity index (χ1n) is 8.19. The Morgan fingerprint density at radius 2 is 1.92 bits per heavy atom. The molecule has 7 heteroatoms. The predicted molar refractivity (Wildman–Crippen MR) is 96.5 cm³/mol. The van der Waals surface area contributed by atoms with Crippen molar-refractivity contribution in [1.29, 1.82) is 0 Å². The van der Waals surface area contributed by atoms with E-state index in [1.807, 2.05) is 12.1 Å². The van der Waals surface area contributed by atoms with E-state index in [2.05, 4.69) is 15.2 Å². The van der Waals surface area contributed by atoms with Gasteiger partial charge < -0.3 is 14.7 Å². The summed E-state index contributed by atoms with van der Waals surface area (Å²) in [5.41, 5.74) is 2.85. The predicted octanol–water partition coefficient (Wildman–Crippen LogP) is 2.47. The van der Waals surface area contributed by atoms with E-state index >= 15 is 0 Å². The van der Waals surface area contributed by atoms with Gasteiger partial charge in [-0.05, 0) is 48.0 Å². The summed E-state index contributed by atoms with van der Waals surface area (Å²) in [6, 6.07) is 12.1.